The summed E-state index contributed by atoms with van der Waals surface area (Å²) < 4.78 is 5.22. The summed E-state index contributed by atoms with van der Waals surface area (Å²) in [6, 6.07) is 7.99. The van der Waals surface area contributed by atoms with E-state index in [2.05, 4.69) is 22.3 Å². The van der Waals surface area contributed by atoms with Crippen LogP contribution < -0.4 is 10.1 Å². The van der Waals surface area contributed by atoms with E-state index >= 15 is 0 Å². The molecule has 1 aromatic carbocycles. The Kier molecular flexibility index (Phi) is 9.64. The van der Waals surface area contributed by atoms with Crippen molar-refractivity contribution in [2.45, 2.75) is 13.5 Å². The smallest absolute Gasteiger partial charge is 0.194 e. The summed E-state index contributed by atoms with van der Waals surface area (Å²) in [6.07, 6.45) is 5.24. The number of ether oxygens (including phenoxy) is 1. The predicted molar refractivity (Wildman–Crippen MR) is 94.7 cm³/mol. The van der Waals surface area contributed by atoms with Gasteiger partial charge in [0.1, 0.15) is 12.3 Å². The van der Waals surface area contributed by atoms with Gasteiger partial charge in [0, 0.05) is 20.1 Å². The van der Waals surface area contributed by atoms with Crippen molar-refractivity contribution in [2.24, 2.45) is 4.99 Å². The SMILES string of the molecule is C#CCN=C(NCC)N(C)Cc1cccc(OC)c1.I. The van der Waals surface area contributed by atoms with Crippen LogP contribution in [0.1, 0.15) is 12.5 Å². The molecule has 0 radical (unpaired) electrons. The third-order valence-corrected chi connectivity index (χ3v) is 2.57. The molecule has 0 atom stereocenters. The second-order valence-corrected chi connectivity index (χ2v) is 4.08. The molecule has 0 saturated heterocycles. The van der Waals surface area contributed by atoms with Crippen LogP contribution in [0.15, 0.2) is 29.3 Å². The second kappa shape index (κ2) is 10.4. The largest absolute Gasteiger partial charge is 0.497 e. The number of nitrogens with zero attached hydrogens (tertiary/aromatic N) is 2. The molecule has 0 bridgehead atoms. The van der Waals surface area contributed by atoms with Crippen molar-refractivity contribution < 1.29 is 4.74 Å². The fraction of sp³-hybridized carbons (Fsp3) is 0.400. The first-order chi connectivity index (χ1) is 9.21. The van der Waals surface area contributed by atoms with Gasteiger partial charge in [0.25, 0.3) is 0 Å². The van der Waals surface area contributed by atoms with Gasteiger partial charge in [-0.2, -0.15) is 0 Å². The lowest BCUT2D eigenvalue weighted by molar-refractivity contribution is 0.412. The zero-order valence-electron chi connectivity index (χ0n) is 12.2. The molecule has 0 heterocycles. The van der Waals surface area contributed by atoms with Gasteiger partial charge in [-0.3, -0.25) is 0 Å². The van der Waals surface area contributed by atoms with Crippen molar-refractivity contribution >= 4 is 29.9 Å². The Labute approximate surface area is 138 Å². The molecular weight excluding hydrogens is 365 g/mol. The van der Waals surface area contributed by atoms with Crippen molar-refractivity contribution in [2.75, 3.05) is 27.2 Å². The van der Waals surface area contributed by atoms with Crippen LogP contribution in [0.2, 0.25) is 0 Å². The average molecular weight is 387 g/mol. The average Bonchev–Trinajstić information content (AvgIpc) is 2.43. The molecule has 0 aliphatic carbocycles. The molecule has 110 valence electrons. The molecule has 0 aliphatic rings. The maximum Gasteiger partial charge on any atom is 0.194 e. The minimum atomic E-state index is 0. The van der Waals surface area contributed by atoms with Crippen molar-refractivity contribution in [3.8, 4) is 18.1 Å². The minimum absolute atomic E-state index is 0. The van der Waals surface area contributed by atoms with Gasteiger partial charge in [-0.15, -0.1) is 30.4 Å². The zero-order valence-corrected chi connectivity index (χ0v) is 14.5. The number of methoxy groups -OCH3 is 1. The van der Waals surface area contributed by atoms with Crippen molar-refractivity contribution in [3.63, 3.8) is 0 Å². The van der Waals surface area contributed by atoms with Crippen LogP contribution in [0.5, 0.6) is 5.75 Å². The van der Waals surface area contributed by atoms with Crippen LogP contribution in [0, 0.1) is 12.3 Å². The zero-order chi connectivity index (χ0) is 14.1. The van der Waals surface area contributed by atoms with Gasteiger partial charge >= 0.3 is 0 Å². The number of nitrogens with one attached hydrogen (secondary N) is 1. The maximum absolute atomic E-state index is 5.24. The predicted octanol–water partition coefficient (Wildman–Crippen LogP) is 2.34. The number of halogens is 1. The molecule has 0 amide bonds. The number of hydrogen-bond acceptors (Lipinski definition) is 2. The van der Waals surface area contributed by atoms with Crippen LogP contribution in [0.4, 0.5) is 0 Å². The highest BCUT2D eigenvalue weighted by molar-refractivity contribution is 14.0. The number of terminal acetylenes is 1. The first-order valence-electron chi connectivity index (χ1n) is 6.27. The number of rotatable bonds is 5. The Hall–Kier alpha value is -1.42. The van der Waals surface area contributed by atoms with Gasteiger partial charge in [-0.1, -0.05) is 18.1 Å². The van der Waals surface area contributed by atoms with Crippen LogP contribution in [-0.4, -0.2) is 38.1 Å². The van der Waals surface area contributed by atoms with Gasteiger partial charge in [0.2, 0.25) is 0 Å². The Bertz CT molecular complexity index is 468. The maximum atomic E-state index is 5.24. The number of aliphatic imine (C=N–C) groups is 1. The highest BCUT2D eigenvalue weighted by atomic mass is 127. The molecule has 0 aliphatic heterocycles. The van der Waals surface area contributed by atoms with E-state index in [9.17, 15) is 0 Å². The molecule has 4 nitrogen and oxygen atoms in total. The quantitative estimate of drug-likeness (QED) is 0.365. The summed E-state index contributed by atoms with van der Waals surface area (Å²) >= 11 is 0. The highest BCUT2D eigenvalue weighted by Crippen LogP contribution is 2.13. The lowest BCUT2D eigenvalue weighted by Gasteiger charge is -2.22. The van der Waals surface area contributed by atoms with E-state index in [0.717, 1.165) is 30.4 Å². The summed E-state index contributed by atoms with van der Waals surface area (Å²) in [4.78, 5) is 6.37. The molecule has 0 fully saturated rings. The molecule has 1 N–H and O–H groups in total. The van der Waals surface area contributed by atoms with Crippen LogP contribution in [-0.2, 0) is 6.54 Å². The normalized spacial score (nSPS) is 10.2. The molecule has 0 saturated carbocycles. The molecular formula is C15H22IN3O. The topological polar surface area (TPSA) is 36.9 Å². The lowest BCUT2D eigenvalue weighted by atomic mass is 10.2. The monoisotopic (exact) mass is 387 g/mol. The Balaban J connectivity index is 0.00000361. The van der Waals surface area contributed by atoms with E-state index < -0.39 is 0 Å². The van der Waals surface area contributed by atoms with Crippen LogP contribution in [0.3, 0.4) is 0 Å². The van der Waals surface area contributed by atoms with E-state index in [4.69, 9.17) is 11.2 Å². The highest BCUT2D eigenvalue weighted by Gasteiger charge is 2.06. The van der Waals surface area contributed by atoms with Crippen LogP contribution >= 0.6 is 24.0 Å². The second-order valence-electron chi connectivity index (χ2n) is 4.08. The molecule has 0 spiro atoms. The number of hydrogen-bond donors (Lipinski definition) is 1. The number of benzene rings is 1. The Morgan fingerprint density at radius 1 is 1.50 bits per heavy atom. The van der Waals surface area contributed by atoms with Crippen molar-refractivity contribution in [3.05, 3.63) is 29.8 Å². The fourth-order valence-corrected chi connectivity index (χ4v) is 1.71. The molecule has 0 unspecified atom stereocenters. The summed E-state index contributed by atoms with van der Waals surface area (Å²) in [5.74, 6) is 4.19. The van der Waals surface area contributed by atoms with Gasteiger partial charge in [0.05, 0.1) is 7.11 Å². The lowest BCUT2D eigenvalue weighted by Crippen LogP contribution is -2.38. The van der Waals surface area contributed by atoms with Gasteiger partial charge in [-0.05, 0) is 24.6 Å². The molecule has 5 heteroatoms. The Morgan fingerprint density at radius 2 is 2.25 bits per heavy atom. The van der Waals surface area contributed by atoms with Gasteiger partial charge in [-0.25, -0.2) is 4.99 Å². The van der Waals surface area contributed by atoms with Gasteiger partial charge in [0.15, 0.2) is 5.96 Å². The molecule has 20 heavy (non-hydrogen) atoms. The summed E-state index contributed by atoms with van der Waals surface area (Å²) in [7, 11) is 3.65. The third-order valence-electron chi connectivity index (χ3n) is 2.57. The summed E-state index contributed by atoms with van der Waals surface area (Å²) in [5.41, 5.74) is 1.16. The molecule has 1 aromatic rings. The van der Waals surface area contributed by atoms with E-state index in [1.165, 1.54) is 0 Å². The number of guanidine groups is 1. The van der Waals surface area contributed by atoms with Gasteiger partial charge < -0.3 is 15.0 Å². The summed E-state index contributed by atoms with van der Waals surface area (Å²) in [5, 5.41) is 3.22. The molecule has 1 rings (SSSR count). The van der Waals surface area contributed by atoms with E-state index in [1.54, 1.807) is 7.11 Å². The van der Waals surface area contributed by atoms with E-state index in [0.29, 0.717) is 6.54 Å². The fourth-order valence-electron chi connectivity index (χ4n) is 1.71. The van der Waals surface area contributed by atoms with Crippen LogP contribution in [0.25, 0.3) is 0 Å². The van der Waals surface area contributed by atoms with E-state index in [-0.39, 0.29) is 24.0 Å². The van der Waals surface area contributed by atoms with Crippen molar-refractivity contribution in [1.29, 1.82) is 0 Å². The third kappa shape index (κ3) is 6.15. The minimum Gasteiger partial charge on any atom is -0.497 e. The molecule has 0 aromatic heterocycles. The standard InChI is InChI=1S/C15H21N3O.HI/c1-5-10-17-15(16-6-2)18(3)12-13-8-7-9-14(11-13)19-4;/h1,7-9,11H,6,10,12H2,2-4H3,(H,16,17);1H. The Morgan fingerprint density at radius 3 is 2.85 bits per heavy atom. The first kappa shape index (κ1) is 18.6. The van der Waals surface area contributed by atoms with E-state index in [1.807, 2.05) is 37.1 Å². The van der Waals surface area contributed by atoms with Crippen molar-refractivity contribution in [1.82, 2.24) is 10.2 Å². The summed E-state index contributed by atoms with van der Waals surface area (Å²) in [6.45, 7) is 3.97. The first-order valence-corrected chi connectivity index (χ1v) is 6.27.